The maximum atomic E-state index is 12.1. The fourth-order valence-electron chi connectivity index (χ4n) is 2.32. The molecule has 0 aromatic heterocycles. The summed E-state index contributed by atoms with van der Waals surface area (Å²) in [6.45, 7) is 2.25. The highest BCUT2D eigenvalue weighted by Crippen LogP contribution is 2.27. The summed E-state index contributed by atoms with van der Waals surface area (Å²) < 4.78 is 0. The first-order valence-electron chi connectivity index (χ1n) is 6.15. The predicted octanol–water partition coefficient (Wildman–Crippen LogP) is 3.32. The van der Waals surface area contributed by atoms with Crippen molar-refractivity contribution in [1.29, 1.82) is 0 Å². The van der Waals surface area contributed by atoms with Gasteiger partial charge in [-0.15, -0.1) is 0 Å². The van der Waals surface area contributed by atoms with Gasteiger partial charge in [-0.05, 0) is 30.5 Å². The van der Waals surface area contributed by atoms with Crippen LogP contribution >= 0.6 is 23.2 Å². The lowest BCUT2D eigenvalue weighted by Crippen LogP contribution is -2.44. The quantitative estimate of drug-likeness (QED) is 0.879. The number of rotatable bonds is 2. The molecular weight excluding hydrogens is 303 g/mol. The van der Waals surface area contributed by atoms with Crippen LogP contribution in [0.4, 0.5) is 10.5 Å². The molecule has 2 amide bonds. The van der Waals surface area contributed by atoms with Gasteiger partial charge in [0, 0.05) is 12.2 Å². The number of urea groups is 1. The van der Waals surface area contributed by atoms with E-state index in [0.717, 1.165) is 0 Å². The van der Waals surface area contributed by atoms with Crippen molar-refractivity contribution in [2.24, 2.45) is 5.92 Å². The van der Waals surface area contributed by atoms with Crippen molar-refractivity contribution in [3.8, 4) is 0 Å². The van der Waals surface area contributed by atoms with E-state index in [1.165, 1.54) is 11.0 Å². The van der Waals surface area contributed by atoms with Crippen molar-refractivity contribution in [2.75, 3.05) is 11.9 Å². The first kappa shape index (κ1) is 14.9. The summed E-state index contributed by atoms with van der Waals surface area (Å²) in [5.41, 5.74) is 0.480. The molecule has 108 valence electrons. The van der Waals surface area contributed by atoms with Gasteiger partial charge in [-0.2, -0.15) is 0 Å². The first-order valence-corrected chi connectivity index (χ1v) is 6.91. The third-order valence-corrected chi connectivity index (χ3v) is 4.12. The molecule has 0 bridgehead atoms. The van der Waals surface area contributed by atoms with Crippen LogP contribution in [0.3, 0.4) is 0 Å². The van der Waals surface area contributed by atoms with Crippen molar-refractivity contribution in [1.82, 2.24) is 4.90 Å². The van der Waals surface area contributed by atoms with Crippen LogP contribution < -0.4 is 5.32 Å². The van der Waals surface area contributed by atoms with Crippen molar-refractivity contribution >= 4 is 40.9 Å². The number of carbonyl (C=O) groups is 2. The molecule has 0 aliphatic carbocycles. The van der Waals surface area contributed by atoms with Gasteiger partial charge in [-0.1, -0.05) is 30.1 Å². The lowest BCUT2D eigenvalue weighted by molar-refractivity contribution is -0.142. The first-order chi connectivity index (χ1) is 9.40. The lowest BCUT2D eigenvalue weighted by Gasteiger charge is -2.23. The Hall–Kier alpha value is -1.46. The van der Waals surface area contributed by atoms with Gasteiger partial charge in [0.1, 0.15) is 6.04 Å². The van der Waals surface area contributed by atoms with Crippen LogP contribution in [0.2, 0.25) is 10.0 Å². The van der Waals surface area contributed by atoms with E-state index in [2.05, 4.69) is 5.32 Å². The standard InChI is InChI=1S/C13H14Cl2N2O3/c1-7-4-5-17(11(7)12(18)19)13(20)16-8-2-3-9(14)10(15)6-8/h2-3,6-7,11H,4-5H2,1H3,(H,16,20)(H,18,19). The Balaban J connectivity index is 2.11. The molecule has 0 radical (unpaired) electrons. The summed E-state index contributed by atoms with van der Waals surface area (Å²) in [6, 6.07) is 3.47. The summed E-state index contributed by atoms with van der Waals surface area (Å²) in [6.07, 6.45) is 0.672. The molecule has 1 aliphatic heterocycles. The average molecular weight is 317 g/mol. The van der Waals surface area contributed by atoms with Gasteiger partial charge in [0.2, 0.25) is 0 Å². The second-order valence-electron chi connectivity index (χ2n) is 4.80. The predicted molar refractivity (Wildman–Crippen MR) is 77.4 cm³/mol. The second kappa shape index (κ2) is 5.89. The maximum Gasteiger partial charge on any atom is 0.326 e. The Kier molecular flexibility index (Phi) is 4.40. The van der Waals surface area contributed by atoms with Crippen molar-refractivity contribution < 1.29 is 14.7 Å². The van der Waals surface area contributed by atoms with Gasteiger partial charge in [-0.25, -0.2) is 9.59 Å². The molecule has 0 saturated carbocycles. The minimum Gasteiger partial charge on any atom is -0.480 e. The van der Waals surface area contributed by atoms with E-state index in [1.807, 2.05) is 6.92 Å². The Morgan fingerprint density at radius 2 is 2.05 bits per heavy atom. The number of nitrogens with zero attached hydrogens (tertiary/aromatic N) is 1. The number of hydrogen-bond acceptors (Lipinski definition) is 2. The van der Waals surface area contributed by atoms with Crippen LogP contribution in [0.5, 0.6) is 0 Å². The number of carbonyl (C=O) groups excluding carboxylic acids is 1. The lowest BCUT2D eigenvalue weighted by atomic mass is 10.0. The molecule has 7 heteroatoms. The van der Waals surface area contributed by atoms with Crippen LogP contribution in [0.25, 0.3) is 0 Å². The Bertz CT molecular complexity index is 550. The summed E-state index contributed by atoms with van der Waals surface area (Å²) in [4.78, 5) is 24.7. The Morgan fingerprint density at radius 3 is 2.65 bits per heavy atom. The molecule has 1 saturated heterocycles. The number of carboxylic acid groups (broad SMARTS) is 1. The number of carboxylic acids is 1. The van der Waals surface area contributed by atoms with E-state index in [4.69, 9.17) is 23.2 Å². The SMILES string of the molecule is CC1CCN(C(=O)Nc2ccc(Cl)c(Cl)c2)C1C(=O)O. The zero-order chi connectivity index (χ0) is 14.9. The Labute approximate surface area is 126 Å². The van der Waals surface area contributed by atoms with Gasteiger partial charge in [0.05, 0.1) is 10.0 Å². The number of likely N-dealkylation sites (tertiary alicyclic amines) is 1. The molecule has 2 unspecified atom stereocenters. The van der Waals surface area contributed by atoms with Crippen molar-refractivity contribution in [3.05, 3.63) is 28.2 Å². The number of benzene rings is 1. The number of amides is 2. The van der Waals surface area contributed by atoms with Gasteiger partial charge in [0.25, 0.3) is 0 Å². The molecule has 1 fully saturated rings. The summed E-state index contributed by atoms with van der Waals surface area (Å²) in [5, 5.41) is 12.5. The number of halogens is 2. The highest BCUT2D eigenvalue weighted by Gasteiger charge is 2.39. The average Bonchev–Trinajstić information content (AvgIpc) is 2.76. The fourth-order valence-corrected chi connectivity index (χ4v) is 2.62. The molecule has 2 N–H and O–H groups in total. The monoisotopic (exact) mass is 316 g/mol. The van der Waals surface area contributed by atoms with Crippen molar-refractivity contribution in [3.63, 3.8) is 0 Å². The molecule has 1 heterocycles. The van der Waals surface area contributed by atoms with E-state index < -0.39 is 18.0 Å². The van der Waals surface area contributed by atoms with Crippen LogP contribution in [0.1, 0.15) is 13.3 Å². The summed E-state index contributed by atoms with van der Waals surface area (Å²) in [7, 11) is 0. The molecule has 2 atom stereocenters. The number of hydrogen-bond donors (Lipinski definition) is 2. The zero-order valence-corrected chi connectivity index (χ0v) is 12.3. The van der Waals surface area contributed by atoms with Crippen molar-refractivity contribution in [2.45, 2.75) is 19.4 Å². The smallest absolute Gasteiger partial charge is 0.326 e. The van der Waals surface area contributed by atoms with Crippen LogP contribution in [0.15, 0.2) is 18.2 Å². The minimum atomic E-state index is -0.987. The van der Waals surface area contributed by atoms with E-state index in [1.54, 1.807) is 12.1 Å². The molecule has 2 rings (SSSR count). The number of nitrogens with one attached hydrogen (secondary N) is 1. The molecule has 5 nitrogen and oxygen atoms in total. The highest BCUT2D eigenvalue weighted by atomic mass is 35.5. The highest BCUT2D eigenvalue weighted by molar-refractivity contribution is 6.42. The maximum absolute atomic E-state index is 12.1. The van der Waals surface area contributed by atoms with E-state index >= 15 is 0 Å². The van der Waals surface area contributed by atoms with E-state index in [9.17, 15) is 14.7 Å². The van der Waals surface area contributed by atoms with E-state index in [0.29, 0.717) is 28.7 Å². The fraction of sp³-hybridized carbons (Fsp3) is 0.385. The minimum absolute atomic E-state index is 0.0629. The van der Waals surface area contributed by atoms with Crippen LogP contribution in [-0.2, 0) is 4.79 Å². The van der Waals surface area contributed by atoms with Gasteiger partial charge in [0.15, 0.2) is 0 Å². The third kappa shape index (κ3) is 2.99. The number of anilines is 1. The van der Waals surface area contributed by atoms with E-state index in [-0.39, 0.29) is 5.92 Å². The molecule has 20 heavy (non-hydrogen) atoms. The summed E-state index contributed by atoms with van der Waals surface area (Å²) >= 11 is 11.7. The third-order valence-electron chi connectivity index (χ3n) is 3.38. The van der Waals surface area contributed by atoms with Crippen LogP contribution in [0, 0.1) is 5.92 Å². The van der Waals surface area contributed by atoms with Gasteiger partial charge < -0.3 is 15.3 Å². The second-order valence-corrected chi connectivity index (χ2v) is 5.62. The molecular formula is C13H14Cl2N2O3. The molecule has 0 spiro atoms. The van der Waals surface area contributed by atoms with Gasteiger partial charge >= 0.3 is 12.0 Å². The topological polar surface area (TPSA) is 69.6 Å². The summed E-state index contributed by atoms with van der Waals surface area (Å²) in [5.74, 6) is -1.05. The zero-order valence-electron chi connectivity index (χ0n) is 10.8. The number of aliphatic carboxylic acids is 1. The Morgan fingerprint density at radius 1 is 1.35 bits per heavy atom. The molecule has 1 aromatic rings. The molecule has 1 aromatic carbocycles. The molecule has 1 aliphatic rings. The largest absolute Gasteiger partial charge is 0.480 e. The van der Waals surface area contributed by atoms with Gasteiger partial charge in [-0.3, -0.25) is 0 Å². The van der Waals surface area contributed by atoms with Crippen LogP contribution in [-0.4, -0.2) is 34.6 Å². The normalized spacial score (nSPS) is 21.9.